The molecule has 0 atom stereocenters. The van der Waals surface area contributed by atoms with Gasteiger partial charge in [0.15, 0.2) is 0 Å². The molecule has 3 rings (SSSR count). The number of hydrogen-bond donors (Lipinski definition) is 2. The second-order valence-corrected chi connectivity index (χ2v) is 6.81. The molecule has 0 spiro atoms. The highest BCUT2D eigenvalue weighted by Crippen LogP contribution is 2.21. The van der Waals surface area contributed by atoms with Gasteiger partial charge in [0.05, 0.1) is 18.5 Å². The third kappa shape index (κ3) is 4.73. The van der Waals surface area contributed by atoms with Crippen molar-refractivity contribution in [2.75, 3.05) is 12.0 Å². The summed E-state index contributed by atoms with van der Waals surface area (Å²) in [5.74, 6) is 0.995. The lowest BCUT2D eigenvalue weighted by molar-refractivity contribution is 0.317. The SMILES string of the molecule is CCCOc1cc(C)c(C=NNc2nc(-c3ccccc3)c(C#N)c(=O)[nH]2)c(C)c1. The third-order valence-electron chi connectivity index (χ3n) is 4.48. The van der Waals surface area contributed by atoms with Crippen LogP contribution in [0.3, 0.4) is 0 Å². The molecule has 2 N–H and O–H groups in total. The van der Waals surface area contributed by atoms with Gasteiger partial charge in [-0.05, 0) is 43.5 Å². The lowest BCUT2D eigenvalue weighted by Crippen LogP contribution is -2.16. The van der Waals surface area contributed by atoms with Crippen LogP contribution in [0.4, 0.5) is 5.95 Å². The minimum absolute atomic E-state index is 0.0370. The van der Waals surface area contributed by atoms with Gasteiger partial charge in [-0.2, -0.15) is 10.4 Å². The Morgan fingerprint density at radius 3 is 2.57 bits per heavy atom. The number of hydrazone groups is 1. The van der Waals surface area contributed by atoms with E-state index in [2.05, 4.69) is 27.4 Å². The molecule has 0 unspecified atom stereocenters. The summed E-state index contributed by atoms with van der Waals surface area (Å²) < 4.78 is 5.70. The van der Waals surface area contributed by atoms with Crippen molar-refractivity contribution in [3.8, 4) is 23.1 Å². The molecule has 1 aromatic heterocycles. The number of rotatable bonds is 7. The second kappa shape index (κ2) is 9.52. The molecule has 3 aromatic rings. The van der Waals surface area contributed by atoms with Gasteiger partial charge in [-0.3, -0.25) is 9.78 Å². The molecule has 0 saturated heterocycles. The normalized spacial score (nSPS) is 10.7. The number of ether oxygens (including phenoxy) is 1. The first kappa shape index (κ1) is 20.8. The Labute approximate surface area is 175 Å². The summed E-state index contributed by atoms with van der Waals surface area (Å²) in [6.07, 6.45) is 2.63. The molecule has 0 amide bonds. The van der Waals surface area contributed by atoms with Gasteiger partial charge < -0.3 is 4.74 Å². The Morgan fingerprint density at radius 2 is 1.93 bits per heavy atom. The average molecular weight is 401 g/mol. The van der Waals surface area contributed by atoms with Crippen LogP contribution in [0.15, 0.2) is 52.4 Å². The molecule has 0 radical (unpaired) electrons. The largest absolute Gasteiger partial charge is 0.494 e. The number of hydrogen-bond acceptors (Lipinski definition) is 6. The smallest absolute Gasteiger partial charge is 0.270 e. The lowest BCUT2D eigenvalue weighted by Gasteiger charge is -2.10. The number of benzene rings is 2. The fourth-order valence-electron chi connectivity index (χ4n) is 3.03. The average Bonchev–Trinajstić information content (AvgIpc) is 2.74. The lowest BCUT2D eigenvalue weighted by atomic mass is 10.0. The molecule has 0 saturated carbocycles. The maximum absolute atomic E-state index is 12.3. The van der Waals surface area contributed by atoms with Gasteiger partial charge in [-0.25, -0.2) is 10.4 Å². The minimum atomic E-state index is -0.520. The van der Waals surface area contributed by atoms with E-state index in [1.807, 2.05) is 50.2 Å². The highest BCUT2D eigenvalue weighted by molar-refractivity contribution is 5.84. The van der Waals surface area contributed by atoms with Gasteiger partial charge in [0.1, 0.15) is 17.4 Å². The Kier molecular flexibility index (Phi) is 6.60. The summed E-state index contributed by atoms with van der Waals surface area (Å²) in [5, 5.41) is 13.6. The molecule has 152 valence electrons. The summed E-state index contributed by atoms with van der Waals surface area (Å²) in [6, 6.07) is 15.0. The van der Waals surface area contributed by atoms with Crippen molar-refractivity contribution in [2.24, 2.45) is 5.10 Å². The van der Waals surface area contributed by atoms with E-state index in [4.69, 9.17) is 4.74 Å². The maximum atomic E-state index is 12.3. The van der Waals surface area contributed by atoms with Gasteiger partial charge >= 0.3 is 0 Å². The standard InChI is InChI=1S/C23H23N5O2/c1-4-10-30-18-11-15(2)20(16(3)12-18)14-25-28-23-26-21(17-8-6-5-7-9-17)19(13-24)22(29)27-23/h5-9,11-12,14H,4,10H2,1-3H3,(H2,26,27,28,29). The number of aryl methyl sites for hydroxylation is 2. The molecule has 0 aliphatic heterocycles. The summed E-state index contributed by atoms with van der Waals surface area (Å²) >= 11 is 0. The van der Waals surface area contributed by atoms with E-state index in [9.17, 15) is 10.1 Å². The number of aromatic amines is 1. The highest BCUT2D eigenvalue weighted by atomic mass is 16.5. The molecule has 2 aromatic carbocycles. The summed E-state index contributed by atoms with van der Waals surface area (Å²) in [5.41, 5.74) is 6.20. The van der Waals surface area contributed by atoms with E-state index in [-0.39, 0.29) is 11.5 Å². The van der Waals surface area contributed by atoms with Crippen LogP contribution in [-0.2, 0) is 0 Å². The molecule has 7 heteroatoms. The zero-order valence-corrected chi connectivity index (χ0v) is 17.2. The van der Waals surface area contributed by atoms with Crippen molar-refractivity contribution >= 4 is 12.2 Å². The number of nitrogens with zero attached hydrogens (tertiary/aromatic N) is 3. The summed E-state index contributed by atoms with van der Waals surface area (Å²) in [7, 11) is 0. The van der Waals surface area contributed by atoms with Crippen LogP contribution >= 0.6 is 0 Å². The minimum Gasteiger partial charge on any atom is -0.494 e. The number of aromatic nitrogens is 2. The van der Waals surface area contributed by atoms with Crippen molar-refractivity contribution in [3.05, 3.63) is 75.1 Å². The van der Waals surface area contributed by atoms with E-state index in [0.717, 1.165) is 28.9 Å². The Morgan fingerprint density at radius 1 is 1.23 bits per heavy atom. The van der Waals surface area contributed by atoms with Crippen molar-refractivity contribution in [3.63, 3.8) is 0 Å². The van der Waals surface area contributed by atoms with E-state index in [0.29, 0.717) is 17.9 Å². The molecular formula is C23H23N5O2. The van der Waals surface area contributed by atoms with Gasteiger partial charge in [0.25, 0.3) is 5.56 Å². The van der Waals surface area contributed by atoms with Crippen molar-refractivity contribution < 1.29 is 4.74 Å². The molecule has 1 heterocycles. The predicted octanol–water partition coefficient (Wildman–Crippen LogP) is 4.16. The van der Waals surface area contributed by atoms with Crippen LogP contribution in [0.5, 0.6) is 5.75 Å². The first-order chi connectivity index (χ1) is 14.5. The van der Waals surface area contributed by atoms with Gasteiger partial charge in [0, 0.05) is 11.1 Å². The molecule has 0 aliphatic carbocycles. The fraction of sp³-hybridized carbons (Fsp3) is 0.217. The topological polar surface area (TPSA) is 103 Å². The van der Waals surface area contributed by atoms with Gasteiger partial charge in [-0.15, -0.1) is 0 Å². The second-order valence-electron chi connectivity index (χ2n) is 6.81. The van der Waals surface area contributed by atoms with Crippen LogP contribution in [0.1, 0.15) is 35.6 Å². The molecular weight excluding hydrogens is 378 g/mol. The zero-order chi connectivity index (χ0) is 21.5. The van der Waals surface area contributed by atoms with E-state index >= 15 is 0 Å². The predicted molar refractivity (Wildman–Crippen MR) is 118 cm³/mol. The number of nitrogens with one attached hydrogen (secondary N) is 2. The van der Waals surface area contributed by atoms with E-state index in [1.165, 1.54) is 0 Å². The maximum Gasteiger partial charge on any atom is 0.270 e. The molecule has 0 aliphatic rings. The monoisotopic (exact) mass is 401 g/mol. The van der Waals surface area contributed by atoms with Gasteiger partial charge in [-0.1, -0.05) is 37.3 Å². The molecule has 7 nitrogen and oxygen atoms in total. The Bertz CT molecular complexity index is 1140. The van der Waals surface area contributed by atoms with E-state index in [1.54, 1.807) is 18.3 Å². The highest BCUT2D eigenvalue weighted by Gasteiger charge is 2.13. The zero-order valence-electron chi connectivity index (χ0n) is 17.2. The van der Waals surface area contributed by atoms with E-state index < -0.39 is 5.56 Å². The van der Waals surface area contributed by atoms with Crippen LogP contribution in [0, 0.1) is 25.2 Å². The van der Waals surface area contributed by atoms with Crippen LogP contribution < -0.4 is 15.7 Å². The Hall–Kier alpha value is -3.92. The number of anilines is 1. The first-order valence-electron chi connectivity index (χ1n) is 9.66. The molecule has 0 bridgehead atoms. The summed E-state index contributed by atoms with van der Waals surface area (Å²) in [6.45, 7) is 6.72. The van der Waals surface area contributed by atoms with Crippen molar-refractivity contribution in [1.29, 1.82) is 5.26 Å². The number of H-pyrrole nitrogens is 1. The fourth-order valence-corrected chi connectivity index (χ4v) is 3.03. The van der Waals surface area contributed by atoms with Crippen molar-refractivity contribution in [1.82, 2.24) is 9.97 Å². The first-order valence-corrected chi connectivity index (χ1v) is 9.66. The van der Waals surface area contributed by atoms with Crippen LogP contribution in [-0.4, -0.2) is 22.8 Å². The summed E-state index contributed by atoms with van der Waals surface area (Å²) in [4.78, 5) is 19.2. The molecule has 30 heavy (non-hydrogen) atoms. The van der Waals surface area contributed by atoms with Crippen molar-refractivity contribution in [2.45, 2.75) is 27.2 Å². The van der Waals surface area contributed by atoms with Gasteiger partial charge in [0.2, 0.25) is 5.95 Å². The third-order valence-corrected chi connectivity index (χ3v) is 4.48. The molecule has 0 fully saturated rings. The Balaban J connectivity index is 1.86. The van der Waals surface area contributed by atoms with Crippen LogP contribution in [0.2, 0.25) is 0 Å². The number of nitriles is 1. The van der Waals surface area contributed by atoms with Crippen LogP contribution in [0.25, 0.3) is 11.3 Å². The quantitative estimate of drug-likeness (QED) is 0.457.